The van der Waals surface area contributed by atoms with E-state index in [-0.39, 0.29) is 118 Å². The van der Waals surface area contributed by atoms with Crippen LogP contribution in [0.4, 0.5) is 0 Å². The van der Waals surface area contributed by atoms with Crippen LogP contribution in [0.25, 0.3) is 0 Å². The predicted octanol–water partition coefficient (Wildman–Crippen LogP) is -2.53. The van der Waals surface area contributed by atoms with Gasteiger partial charge < -0.3 is 16.6 Å². The van der Waals surface area contributed by atoms with E-state index in [2.05, 4.69) is 0 Å². The summed E-state index contributed by atoms with van der Waals surface area (Å²) in [5.74, 6) is -0.833. The standard InChI is InChI=1S/C2H8N2.C2H4O2.4Na/c3-1-2-4;1-2(3)4;;;;/h1-4H2;1H3,(H,3,4);;;;. The predicted molar refractivity (Wildman–Crippen MR) is 54.4 cm³/mol. The van der Waals surface area contributed by atoms with Crippen molar-refractivity contribution in [2.75, 3.05) is 13.1 Å². The summed E-state index contributed by atoms with van der Waals surface area (Å²) in [6.07, 6.45) is 0. The summed E-state index contributed by atoms with van der Waals surface area (Å²) in [6, 6.07) is 0. The molecule has 0 heterocycles. The summed E-state index contributed by atoms with van der Waals surface area (Å²) < 4.78 is 0. The molecule has 54 valence electrons. The Bertz CT molecular complexity index is 61.0. The maximum Gasteiger partial charge on any atom is 0.300 e. The fraction of sp³-hybridized carbons (Fsp3) is 0.750. The van der Waals surface area contributed by atoms with Gasteiger partial charge in [-0.05, 0) is 0 Å². The van der Waals surface area contributed by atoms with Crippen LogP contribution in [0.3, 0.4) is 0 Å². The smallest absolute Gasteiger partial charge is 0.300 e. The molecule has 5 N–H and O–H groups in total. The number of hydrogen-bond donors (Lipinski definition) is 3. The number of aliphatic carboxylic acids is 1. The zero-order valence-electron chi connectivity index (χ0n) is 8.92. The molecule has 0 aromatic rings. The van der Waals surface area contributed by atoms with Gasteiger partial charge >= 0.3 is 0 Å². The van der Waals surface area contributed by atoms with Crippen LogP contribution in [0.15, 0.2) is 0 Å². The van der Waals surface area contributed by atoms with Crippen molar-refractivity contribution in [3.63, 3.8) is 0 Å². The van der Waals surface area contributed by atoms with Gasteiger partial charge in [-0.1, -0.05) is 0 Å². The van der Waals surface area contributed by atoms with Crippen LogP contribution in [-0.4, -0.2) is 142 Å². The van der Waals surface area contributed by atoms with Crippen molar-refractivity contribution in [1.29, 1.82) is 0 Å². The van der Waals surface area contributed by atoms with Gasteiger partial charge in [0.1, 0.15) is 0 Å². The minimum absolute atomic E-state index is 0. The Morgan fingerprint density at radius 3 is 1.17 bits per heavy atom. The zero-order chi connectivity index (χ0) is 6.99. The molecule has 8 heteroatoms. The van der Waals surface area contributed by atoms with Crippen molar-refractivity contribution in [2.24, 2.45) is 11.5 Å². The minimum Gasteiger partial charge on any atom is -0.481 e. The van der Waals surface area contributed by atoms with Gasteiger partial charge in [0.05, 0.1) is 0 Å². The Morgan fingerprint density at radius 2 is 1.17 bits per heavy atom. The number of carboxylic acids is 1. The first-order valence-corrected chi connectivity index (χ1v) is 2.24. The average molecular weight is 212 g/mol. The Morgan fingerprint density at radius 1 is 1.08 bits per heavy atom. The van der Waals surface area contributed by atoms with E-state index in [1.165, 1.54) is 0 Å². The minimum atomic E-state index is -0.833. The van der Waals surface area contributed by atoms with E-state index in [1.54, 1.807) is 0 Å². The molecule has 0 aliphatic heterocycles. The van der Waals surface area contributed by atoms with Gasteiger partial charge in [0.25, 0.3) is 5.97 Å². The Labute approximate surface area is 162 Å². The molecule has 0 bridgehead atoms. The SMILES string of the molecule is CC(=O)O.NCCN.[Na].[Na].[Na].[Na]. The molecule has 0 atom stereocenters. The fourth-order valence-electron chi connectivity index (χ4n) is 0. The van der Waals surface area contributed by atoms with Gasteiger partial charge in [0.2, 0.25) is 0 Å². The topological polar surface area (TPSA) is 89.3 Å². The van der Waals surface area contributed by atoms with Crippen molar-refractivity contribution in [2.45, 2.75) is 6.92 Å². The number of carboxylic acid groups (broad SMARTS) is 1. The monoisotopic (exact) mass is 212 g/mol. The number of nitrogens with two attached hydrogens (primary N) is 2. The van der Waals surface area contributed by atoms with Gasteiger partial charge in [-0.3, -0.25) is 4.79 Å². The van der Waals surface area contributed by atoms with Crippen LogP contribution in [0.1, 0.15) is 6.92 Å². The molecule has 0 aromatic heterocycles. The third kappa shape index (κ3) is 107. The van der Waals surface area contributed by atoms with E-state index in [0.717, 1.165) is 6.92 Å². The van der Waals surface area contributed by atoms with Crippen molar-refractivity contribution in [1.82, 2.24) is 0 Å². The van der Waals surface area contributed by atoms with Gasteiger partial charge in [-0.25, -0.2) is 0 Å². The van der Waals surface area contributed by atoms with E-state index < -0.39 is 5.97 Å². The van der Waals surface area contributed by atoms with Gasteiger partial charge in [0, 0.05) is 138 Å². The van der Waals surface area contributed by atoms with E-state index in [9.17, 15) is 0 Å². The molecule has 4 nitrogen and oxygen atoms in total. The molecule has 4 radical (unpaired) electrons. The summed E-state index contributed by atoms with van der Waals surface area (Å²) in [5, 5.41) is 7.42. The van der Waals surface area contributed by atoms with Gasteiger partial charge in [-0.2, -0.15) is 0 Å². The molecule has 0 rings (SSSR count). The summed E-state index contributed by atoms with van der Waals surface area (Å²) in [7, 11) is 0. The molecule has 0 aliphatic carbocycles. The normalized spacial score (nSPS) is 4.58. The largest absolute Gasteiger partial charge is 0.481 e. The van der Waals surface area contributed by atoms with Crippen LogP contribution < -0.4 is 11.5 Å². The van der Waals surface area contributed by atoms with Crippen LogP contribution in [0, 0.1) is 0 Å². The molecule has 0 amide bonds. The number of hydrogen-bond acceptors (Lipinski definition) is 3. The quantitative estimate of drug-likeness (QED) is 0.418. The van der Waals surface area contributed by atoms with E-state index in [0.29, 0.717) is 13.1 Å². The van der Waals surface area contributed by atoms with E-state index in [4.69, 9.17) is 21.4 Å². The molecule has 0 spiro atoms. The fourth-order valence-corrected chi connectivity index (χ4v) is 0. The molecule has 0 fully saturated rings. The second kappa shape index (κ2) is 36.7. The first-order chi connectivity index (χ1) is 3.65. The van der Waals surface area contributed by atoms with Crippen LogP contribution in [0.5, 0.6) is 0 Å². The molecule has 0 saturated carbocycles. The van der Waals surface area contributed by atoms with Crippen molar-refractivity contribution >= 4 is 124 Å². The summed E-state index contributed by atoms with van der Waals surface area (Å²) in [5.41, 5.74) is 9.81. The Kier molecular flexibility index (Phi) is 110. The molecule has 0 unspecified atom stereocenters. The summed E-state index contributed by atoms with van der Waals surface area (Å²) in [4.78, 5) is 9.00. The molecule has 0 aromatic carbocycles. The summed E-state index contributed by atoms with van der Waals surface area (Å²) in [6.45, 7) is 2.28. The second-order valence-corrected chi connectivity index (χ2v) is 1.10. The van der Waals surface area contributed by atoms with Crippen LogP contribution >= 0.6 is 0 Å². The van der Waals surface area contributed by atoms with Crippen molar-refractivity contribution in [3.8, 4) is 0 Å². The molecule has 0 saturated heterocycles. The first kappa shape index (κ1) is 36.1. The van der Waals surface area contributed by atoms with Crippen molar-refractivity contribution < 1.29 is 9.90 Å². The summed E-state index contributed by atoms with van der Waals surface area (Å²) >= 11 is 0. The molecular formula is C4H12N2Na4O2. The van der Waals surface area contributed by atoms with E-state index in [1.807, 2.05) is 0 Å². The second-order valence-electron chi connectivity index (χ2n) is 1.10. The van der Waals surface area contributed by atoms with E-state index >= 15 is 0 Å². The Hall–Kier alpha value is 3.39. The number of rotatable bonds is 1. The third-order valence-electron chi connectivity index (χ3n) is 0.167. The maximum atomic E-state index is 9.00. The van der Waals surface area contributed by atoms with Crippen molar-refractivity contribution in [3.05, 3.63) is 0 Å². The first-order valence-electron chi connectivity index (χ1n) is 2.24. The third-order valence-corrected chi connectivity index (χ3v) is 0.167. The molecular weight excluding hydrogens is 200 g/mol. The molecule has 0 aliphatic rings. The van der Waals surface area contributed by atoms with Crippen LogP contribution in [-0.2, 0) is 4.79 Å². The van der Waals surface area contributed by atoms with Gasteiger partial charge in [-0.15, -0.1) is 0 Å². The van der Waals surface area contributed by atoms with Crippen LogP contribution in [0.2, 0.25) is 0 Å². The average Bonchev–Trinajstić information content (AvgIpc) is 1.65. The zero-order valence-corrected chi connectivity index (χ0v) is 16.9. The Balaban J connectivity index is -0.0000000112. The van der Waals surface area contributed by atoms with Gasteiger partial charge in [0.15, 0.2) is 0 Å². The molecule has 12 heavy (non-hydrogen) atoms. The maximum absolute atomic E-state index is 9.00. The number of carbonyl (C=O) groups is 1.